The monoisotopic (exact) mass is 140 g/mol. The summed E-state index contributed by atoms with van der Waals surface area (Å²) in [7, 11) is 0.778. The molecule has 0 fully saturated rings. The molecule has 0 aliphatic carbocycles. The van der Waals surface area contributed by atoms with E-state index in [4.69, 9.17) is 15.8 Å². The van der Waals surface area contributed by atoms with Crippen molar-refractivity contribution in [2.75, 3.05) is 13.2 Å². The van der Waals surface area contributed by atoms with Crippen LogP contribution in [0.25, 0.3) is 0 Å². The standard InChI is InChI=1S/C4H10O.ClH3Si/c1-3-5-4-2;1-2/h3-4H2,1-2H3;2H3. The SMILES string of the molecule is CCOCC.[SiH3]Cl. The molecule has 0 aromatic rings. The zero-order valence-electron chi connectivity index (χ0n) is 5.20. The van der Waals surface area contributed by atoms with Gasteiger partial charge in [0.25, 0.3) is 0 Å². The fraction of sp³-hybridized carbons (Fsp3) is 1.00. The van der Waals surface area contributed by atoms with E-state index in [1.54, 1.807) is 0 Å². The molecule has 0 spiro atoms. The van der Waals surface area contributed by atoms with Crippen molar-refractivity contribution >= 4 is 20.6 Å². The van der Waals surface area contributed by atoms with Gasteiger partial charge in [-0.05, 0) is 13.8 Å². The highest BCUT2D eigenvalue weighted by Gasteiger charge is 1.64. The number of hydrogen-bond acceptors (Lipinski definition) is 1. The smallest absolute Gasteiger partial charge is 0.109 e. The first-order chi connectivity index (χ1) is 3.41. The third-order valence-electron chi connectivity index (χ3n) is 0.408. The Morgan fingerprint density at radius 1 is 1.29 bits per heavy atom. The van der Waals surface area contributed by atoms with Gasteiger partial charge in [0.2, 0.25) is 0 Å². The molecule has 0 aliphatic heterocycles. The zero-order valence-corrected chi connectivity index (χ0v) is 7.96. The molecule has 3 heteroatoms. The highest BCUT2D eigenvalue weighted by molar-refractivity contribution is 6.80. The Bertz CT molecular complexity index is 19.2. The minimum Gasteiger partial charge on any atom is -0.382 e. The lowest BCUT2D eigenvalue weighted by Crippen LogP contribution is -1.84. The van der Waals surface area contributed by atoms with Crippen molar-refractivity contribution in [3.8, 4) is 0 Å². The summed E-state index contributed by atoms with van der Waals surface area (Å²) in [4.78, 5) is 0. The summed E-state index contributed by atoms with van der Waals surface area (Å²) in [5.41, 5.74) is 0. The van der Waals surface area contributed by atoms with Gasteiger partial charge in [-0.25, -0.2) is 0 Å². The molecule has 0 aromatic carbocycles. The minimum atomic E-state index is 0.778. The maximum absolute atomic E-state index is 4.83. The van der Waals surface area contributed by atoms with Gasteiger partial charge in [0.15, 0.2) is 0 Å². The van der Waals surface area contributed by atoms with Crippen LogP contribution in [0.5, 0.6) is 0 Å². The molecule has 0 radical (unpaired) electrons. The molecule has 0 unspecified atom stereocenters. The molecule has 46 valence electrons. The first-order valence-corrected chi connectivity index (χ1v) is 5.39. The summed E-state index contributed by atoms with van der Waals surface area (Å²) in [6.45, 7) is 5.67. The van der Waals surface area contributed by atoms with E-state index in [1.807, 2.05) is 13.8 Å². The Kier molecular flexibility index (Phi) is 24.0. The molecular formula is C4H13ClOSi. The summed E-state index contributed by atoms with van der Waals surface area (Å²) in [6, 6.07) is 0. The molecule has 1 nitrogen and oxygen atoms in total. The second-order valence-corrected chi connectivity index (χ2v) is 0.781. The minimum absolute atomic E-state index is 0.778. The Morgan fingerprint density at radius 3 is 1.57 bits per heavy atom. The van der Waals surface area contributed by atoms with Gasteiger partial charge in [-0.1, -0.05) is 0 Å². The van der Waals surface area contributed by atoms with Crippen LogP contribution in [0.3, 0.4) is 0 Å². The molecule has 0 aliphatic rings. The fourth-order valence-electron chi connectivity index (χ4n) is 0.204. The molecular weight excluding hydrogens is 128 g/mol. The van der Waals surface area contributed by atoms with Gasteiger partial charge < -0.3 is 4.74 Å². The summed E-state index contributed by atoms with van der Waals surface area (Å²) in [5, 5.41) is 0. The van der Waals surface area contributed by atoms with Crippen LogP contribution in [0.15, 0.2) is 0 Å². The third kappa shape index (κ3) is 21.2. The van der Waals surface area contributed by atoms with Crippen molar-refractivity contribution in [1.82, 2.24) is 0 Å². The molecule has 7 heavy (non-hydrogen) atoms. The van der Waals surface area contributed by atoms with E-state index >= 15 is 0 Å². The number of ether oxygens (including phenoxy) is 1. The van der Waals surface area contributed by atoms with E-state index < -0.39 is 0 Å². The van der Waals surface area contributed by atoms with Gasteiger partial charge in [-0.15, -0.1) is 0 Å². The number of hydrogen-bond donors (Lipinski definition) is 0. The molecule has 0 atom stereocenters. The summed E-state index contributed by atoms with van der Waals surface area (Å²) < 4.78 is 4.83. The summed E-state index contributed by atoms with van der Waals surface area (Å²) >= 11 is 4.78. The maximum atomic E-state index is 4.83. The average molecular weight is 141 g/mol. The van der Waals surface area contributed by atoms with Crippen molar-refractivity contribution in [2.24, 2.45) is 0 Å². The lowest BCUT2D eigenvalue weighted by atomic mass is 10.8. The van der Waals surface area contributed by atoms with Crippen LogP contribution in [0, 0.1) is 0 Å². The van der Waals surface area contributed by atoms with Gasteiger partial charge in [0.05, 0.1) is 0 Å². The second-order valence-electron chi connectivity index (χ2n) is 0.781. The van der Waals surface area contributed by atoms with Crippen LogP contribution in [0.4, 0.5) is 0 Å². The topological polar surface area (TPSA) is 9.23 Å². The number of rotatable bonds is 2. The van der Waals surface area contributed by atoms with Gasteiger partial charge >= 0.3 is 0 Å². The molecule has 0 rings (SSSR count). The van der Waals surface area contributed by atoms with Crippen molar-refractivity contribution in [3.63, 3.8) is 0 Å². The molecule has 0 saturated carbocycles. The van der Waals surface area contributed by atoms with Gasteiger partial charge in [0, 0.05) is 13.2 Å². The van der Waals surface area contributed by atoms with Crippen molar-refractivity contribution in [2.45, 2.75) is 13.8 Å². The van der Waals surface area contributed by atoms with Crippen LogP contribution in [-0.2, 0) is 4.74 Å². The van der Waals surface area contributed by atoms with Crippen molar-refractivity contribution < 1.29 is 4.74 Å². The largest absolute Gasteiger partial charge is 0.382 e. The van der Waals surface area contributed by atoms with Crippen LogP contribution in [0.2, 0.25) is 0 Å². The summed E-state index contributed by atoms with van der Waals surface area (Å²) in [6.07, 6.45) is 0. The second kappa shape index (κ2) is 16.1. The van der Waals surface area contributed by atoms with E-state index in [1.165, 1.54) is 0 Å². The first-order valence-electron chi connectivity index (χ1n) is 2.37. The van der Waals surface area contributed by atoms with Gasteiger partial charge in [-0.3, -0.25) is 0 Å². The summed E-state index contributed by atoms with van der Waals surface area (Å²) in [5.74, 6) is 0. The van der Waals surface area contributed by atoms with Gasteiger partial charge in [0.1, 0.15) is 9.55 Å². The van der Waals surface area contributed by atoms with Crippen molar-refractivity contribution in [1.29, 1.82) is 0 Å². The molecule has 0 saturated heterocycles. The Morgan fingerprint density at radius 2 is 1.57 bits per heavy atom. The lowest BCUT2D eigenvalue weighted by molar-refractivity contribution is 0.162. The van der Waals surface area contributed by atoms with Crippen LogP contribution >= 0.6 is 11.1 Å². The molecule has 0 bridgehead atoms. The quantitative estimate of drug-likeness (QED) is 0.402. The number of halogens is 1. The predicted octanol–water partition coefficient (Wildman–Crippen LogP) is 0.548. The molecule has 0 heterocycles. The highest BCUT2D eigenvalue weighted by atomic mass is 35.6. The predicted molar refractivity (Wildman–Crippen MR) is 38.0 cm³/mol. The van der Waals surface area contributed by atoms with Crippen LogP contribution in [0.1, 0.15) is 13.8 Å². The van der Waals surface area contributed by atoms with E-state index in [-0.39, 0.29) is 0 Å². The Balaban J connectivity index is 0. The van der Waals surface area contributed by atoms with Crippen molar-refractivity contribution in [3.05, 3.63) is 0 Å². The zero-order chi connectivity index (χ0) is 6.12. The van der Waals surface area contributed by atoms with E-state index in [0.717, 1.165) is 22.8 Å². The average Bonchev–Trinajstić information content (AvgIpc) is 1.75. The highest BCUT2D eigenvalue weighted by Crippen LogP contribution is 1.64. The Hall–Kier alpha value is 0.467. The third-order valence-corrected chi connectivity index (χ3v) is 0.408. The van der Waals surface area contributed by atoms with E-state index in [0.29, 0.717) is 0 Å². The Labute approximate surface area is 53.1 Å². The first kappa shape index (κ1) is 10.4. The molecule has 0 aromatic heterocycles. The van der Waals surface area contributed by atoms with Crippen LogP contribution < -0.4 is 0 Å². The fourth-order valence-corrected chi connectivity index (χ4v) is 0.204. The molecule has 0 N–H and O–H groups in total. The molecule has 0 amide bonds. The maximum Gasteiger partial charge on any atom is 0.109 e. The normalized spacial score (nSPS) is 7.29. The van der Waals surface area contributed by atoms with E-state index in [9.17, 15) is 0 Å². The lowest BCUT2D eigenvalue weighted by Gasteiger charge is -1.86. The van der Waals surface area contributed by atoms with Gasteiger partial charge in [-0.2, -0.15) is 11.1 Å². The van der Waals surface area contributed by atoms with E-state index in [2.05, 4.69) is 0 Å². The van der Waals surface area contributed by atoms with Crippen LogP contribution in [-0.4, -0.2) is 22.8 Å².